The Hall–Kier alpha value is -1.82. The molecule has 17 heavy (non-hydrogen) atoms. The number of rotatable bonds is 6. The molecular weight excluding hydrogens is 242 g/mol. The lowest BCUT2D eigenvalue weighted by molar-refractivity contribution is 0.158. The van der Waals surface area contributed by atoms with E-state index in [1.165, 1.54) is 0 Å². The van der Waals surface area contributed by atoms with E-state index in [0.717, 1.165) is 5.56 Å². The summed E-state index contributed by atoms with van der Waals surface area (Å²) in [5, 5.41) is 8.11. The van der Waals surface area contributed by atoms with Crippen molar-refractivity contribution in [3.05, 3.63) is 29.0 Å². The summed E-state index contributed by atoms with van der Waals surface area (Å²) in [5.41, 5.74) is 9.02. The molecule has 92 valence electrons. The van der Waals surface area contributed by atoms with Crippen LogP contribution in [0.4, 0.5) is 0 Å². The lowest BCUT2D eigenvalue weighted by Crippen LogP contribution is -2.26. The third kappa shape index (κ3) is 5.17. The van der Waals surface area contributed by atoms with Gasteiger partial charge in [0, 0.05) is 18.0 Å². The molecule has 0 spiro atoms. The zero-order valence-electron chi connectivity index (χ0n) is 9.43. The highest BCUT2D eigenvalue weighted by atomic mass is 35.5. The van der Waals surface area contributed by atoms with Crippen molar-refractivity contribution in [1.29, 1.82) is 0 Å². The van der Waals surface area contributed by atoms with Gasteiger partial charge >= 0.3 is 0 Å². The number of nitrogens with zero attached hydrogens (tertiary/aromatic N) is 3. The van der Waals surface area contributed by atoms with Gasteiger partial charge in [0.15, 0.2) is 5.84 Å². The summed E-state index contributed by atoms with van der Waals surface area (Å²) in [4.78, 5) is 8.64. The first-order chi connectivity index (χ1) is 8.24. The summed E-state index contributed by atoms with van der Waals surface area (Å²) in [6.07, 6.45) is 4.77. The monoisotopic (exact) mass is 255 g/mol. The number of hydrogen-bond donors (Lipinski definition) is 2. The number of halogens is 1. The van der Waals surface area contributed by atoms with Gasteiger partial charge in [-0.25, -0.2) is 0 Å². The van der Waals surface area contributed by atoms with Crippen molar-refractivity contribution >= 4 is 23.7 Å². The average molecular weight is 256 g/mol. The van der Waals surface area contributed by atoms with Crippen molar-refractivity contribution in [3.63, 3.8) is 0 Å². The average Bonchev–Trinajstić information content (AvgIpc) is 2.34. The molecule has 3 N–H and O–H groups in total. The lowest BCUT2D eigenvalue weighted by Gasteiger charge is -2.00. The lowest BCUT2D eigenvalue weighted by atomic mass is 10.3. The SMILES string of the molecule is CCON=C(N)CN/N=C/c1ccncc1Cl. The first-order valence-electron chi connectivity index (χ1n) is 5.03. The maximum Gasteiger partial charge on any atom is 0.160 e. The first-order valence-corrected chi connectivity index (χ1v) is 5.41. The molecule has 7 heteroatoms. The van der Waals surface area contributed by atoms with Crippen LogP contribution >= 0.6 is 11.6 Å². The maximum absolute atomic E-state index is 5.88. The van der Waals surface area contributed by atoms with Crippen LogP contribution in [0.25, 0.3) is 0 Å². The van der Waals surface area contributed by atoms with Gasteiger partial charge in [-0.3, -0.25) is 4.98 Å². The van der Waals surface area contributed by atoms with Crippen molar-refractivity contribution in [3.8, 4) is 0 Å². The molecule has 0 unspecified atom stereocenters. The number of aromatic nitrogens is 1. The van der Waals surface area contributed by atoms with E-state index in [1.807, 2.05) is 6.92 Å². The molecule has 1 aromatic heterocycles. The fourth-order valence-electron chi connectivity index (χ4n) is 0.912. The minimum Gasteiger partial charge on any atom is -0.395 e. The quantitative estimate of drug-likeness (QED) is 0.451. The minimum absolute atomic E-state index is 0.305. The third-order valence-electron chi connectivity index (χ3n) is 1.67. The summed E-state index contributed by atoms with van der Waals surface area (Å²) in [7, 11) is 0. The third-order valence-corrected chi connectivity index (χ3v) is 1.99. The van der Waals surface area contributed by atoms with Gasteiger partial charge in [0.25, 0.3) is 0 Å². The van der Waals surface area contributed by atoms with Gasteiger partial charge in [0.1, 0.15) is 6.61 Å². The highest BCUT2D eigenvalue weighted by Crippen LogP contribution is 2.10. The van der Waals surface area contributed by atoms with Crippen LogP contribution < -0.4 is 11.2 Å². The standard InChI is InChI=1S/C10H14ClN5O/c1-2-17-16-10(12)7-15-14-5-8-3-4-13-6-9(8)11/h3-6,15H,2,7H2,1H3,(H2,12,16)/b14-5+. The zero-order valence-corrected chi connectivity index (χ0v) is 10.2. The second-order valence-corrected chi connectivity index (χ2v) is 3.40. The van der Waals surface area contributed by atoms with Crippen LogP contribution in [0.5, 0.6) is 0 Å². The van der Waals surface area contributed by atoms with E-state index in [2.05, 4.69) is 20.7 Å². The predicted octanol–water partition coefficient (Wildman–Crippen LogP) is 0.967. The number of nitrogens with one attached hydrogen (secondary N) is 1. The van der Waals surface area contributed by atoms with E-state index in [1.54, 1.807) is 24.7 Å². The van der Waals surface area contributed by atoms with Gasteiger partial charge in [0.05, 0.1) is 17.8 Å². The highest BCUT2D eigenvalue weighted by molar-refractivity contribution is 6.32. The predicted molar refractivity (Wildman–Crippen MR) is 68.1 cm³/mol. The Kier molecular flexibility index (Phi) is 5.81. The molecule has 0 fully saturated rings. The molecule has 0 saturated heterocycles. The molecule has 0 saturated carbocycles. The summed E-state index contributed by atoms with van der Waals surface area (Å²) in [6, 6.07) is 1.76. The van der Waals surface area contributed by atoms with Gasteiger partial charge in [0.2, 0.25) is 0 Å². The second-order valence-electron chi connectivity index (χ2n) is 2.99. The normalized spacial score (nSPS) is 11.8. The van der Waals surface area contributed by atoms with E-state index < -0.39 is 0 Å². The number of oxime groups is 1. The van der Waals surface area contributed by atoms with Crippen molar-refractivity contribution in [2.24, 2.45) is 16.0 Å². The molecule has 1 rings (SSSR count). The molecule has 1 heterocycles. The van der Waals surface area contributed by atoms with Gasteiger partial charge in [-0.15, -0.1) is 0 Å². The van der Waals surface area contributed by atoms with E-state index in [4.69, 9.17) is 22.2 Å². The first kappa shape index (κ1) is 13.2. The van der Waals surface area contributed by atoms with Crippen LogP contribution in [-0.2, 0) is 4.84 Å². The topological polar surface area (TPSA) is 84.9 Å². The molecule has 0 aliphatic heterocycles. The Balaban J connectivity index is 2.39. The van der Waals surface area contributed by atoms with E-state index in [9.17, 15) is 0 Å². The van der Waals surface area contributed by atoms with Crippen LogP contribution in [-0.4, -0.2) is 30.2 Å². The summed E-state index contributed by atoms with van der Waals surface area (Å²) in [5.74, 6) is 0.324. The van der Waals surface area contributed by atoms with E-state index in [-0.39, 0.29) is 0 Å². The largest absolute Gasteiger partial charge is 0.395 e. The van der Waals surface area contributed by atoms with E-state index >= 15 is 0 Å². The van der Waals surface area contributed by atoms with Crippen molar-refractivity contribution < 1.29 is 4.84 Å². The summed E-state index contributed by atoms with van der Waals surface area (Å²) in [6.45, 7) is 2.61. The van der Waals surface area contributed by atoms with Crippen LogP contribution in [0.3, 0.4) is 0 Å². The zero-order chi connectivity index (χ0) is 12.5. The van der Waals surface area contributed by atoms with E-state index in [0.29, 0.717) is 24.0 Å². The molecule has 0 aromatic carbocycles. The molecule has 0 bridgehead atoms. The maximum atomic E-state index is 5.88. The molecule has 0 radical (unpaired) electrons. The number of amidine groups is 1. The molecule has 1 aromatic rings. The highest BCUT2D eigenvalue weighted by Gasteiger charge is 1.95. The Morgan fingerprint density at radius 1 is 1.71 bits per heavy atom. The number of nitrogens with two attached hydrogens (primary N) is 1. The van der Waals surface area contributed by atoms with Crippen molar-refractivity contribution in [2.75, 3.05) is 13.2 Å². The summed E-state index contributed by atoms with van der Waals surface area (Å²) >= 11 is 5.88. The molecular formula is C10H14ClN5O. The minimum atomic E-state index is 0.305. The van der Waals surface area contributed by atoms with Gasteiger partial charge in [-0.1, -0.05) is 16.8 Å². The molecule has 6 nitrogen and oxygen atoms in total. The van der Waals surface area contributed by atoms with Crippen molar-refractivity contribution in [1.82, 2.24) is 10.4 Å². The Morgan fingerprint density at radius 3 is 3.24 bits per heavy atom. The number of hydrazone groups is 1. The molecule has 0 aliphatic rings. The Morgan fingerprint density at radius 2 is 2.53 bits per heavy atom. The van der Waals surface area contributed by atoms with Gasteiger partial charge in [-0.2, -0.15) is 5.10 Å². The summed E-state index contributed by atoms with van der Waals surface area (Å²) < 4.78 is 0. The van der Waals surface area contributed by atoms with Gasteiger partial charge in [-0.05, 0) is 13.0 Å². The van der Waals surface area contributed by atoms with Gasteiger partial charge < -0.3 is 16.0 Å². The molecule has 0 amide bonds. The number of hydrogen-bond acceptors (Lipinski definition) is 5. The fourth-order valence-corrected chi connectivity index (χ4v) is 1.08. The Bertz CT molecular complexity index is 407. The van der Waals surface area contributed by atoms with Crippen LogP contribution in [0, 0.1) is 0 Å². The van der Waals surface area contributed by atoms with Crippen LogP contribution in [0.1, 0.15) is 12.5 Å². The Labute approximate surface area is 104 Å². The smallest absolute Gasteiger partial charge is 0.160 e. The van der Waals surface area contributed by atoms with Crippen LogP contribution in [0.15, 0.2) is 28.7 Å². The van der Waals surface area contributed by atoms with Crippen molar-refractivity contribution in [2.45, 2.75) is 6.92 Å². The fraction of sp³-hybridized carbons (Fsp3) is 0.300. The van der Waals surface area contributed by atoms with Crippen LogP contribution in [0.2, 0.25) is 5.02 Å². The number of pyridine rings is 1. The molecule has 0 aliphatic carbocycles. The molecule has 0 atom stereocenters. The second kappa shape index (κ2) is 7.45.